The second-order valence-electron chi connectivity index (χ2n) is 5.61. The van der Waals surface area contributed by atoms with Crippen molar-refractivity contribution in [3.63, 3.8) is 0 Å². The summed E-state index contributed by atoms with van der Waals surface area (Å²) in [6.07, 6.45) is 2.72. The van der Waals surface area contributed by atoms with Gasteiger partial charge in [0.15, 0.2) is 0 Å². The SMILES string of the molecule is CCNc1ccnc(C(=O)N2CCSC(C)(C)CC2)c1. The summed E-state index contributed by atoms with van der Waals surface area (Å²) in [5.74, 6) is 1.04. The number of anilines is 1. The van der Waals surface area contributed by atoms with Gasteiger partial charge in [-0.1, -0.05) is 13.8 Å². The van der Waals surface area contributed by atoms with E-state index >= 15 is 0 Å². The van der Waals surface area contributed by atoms with Gasteiger partial charge in [0.2, 0.25) is 0 Å². The third-order valence-corrected chi connectivity index (χ3v) is 4.86. The lowest BCUT2D eigenvalue weighted by molar-refractivity contribution is 0.0759. The fourth-order valence-corrected chi connectivity index (χ4v) is 3.35. The Hall–Kier alpha value is -1.23. The molecule has 1 aromatic heterocycles. The summed E-state index contributed by atoms with van der Waals surface area (Å²) in [4.78, 5) is 18.7. The van der Waals surface area contributed by atoms with E-state index < -0.39 is 0 Å². The molecule has 1 aliphatic heterocycles. The van der Waals surface area contributed by atoms with Crippen LogP contribution >= 0.6 is 11.8 Å². The first-order valence-corrected chi connectivity index (χ1v) is 8.13. The highest BCUT2D eigenvalue weighted by atomic mass is 32.2. The molecule has 1 aliphatic rings. The van der Waals surface area contributed by atoms with Gasteiger partial charge in [-0.2, -0.15) is 11.8 Å². The number of pyridine rings is 1. The number of hydrogen-bond donors (Lipinski definition) is 1. The van der Waals surface area contributed by atoms with E-state index in [2.05, 4.69) is 24.1 Å². The molecule has 0 aromatic carbocycles. The van der Waals surface area contributed by atoms with Crippen molar-refractivity contribution in [1.29, 1.82) is 0 Å². The summed E-state index contributed by atoms with van der Waals surface area (Å²) in [6, 6.07) is 3.73. The zero-order valence-corrected chi connectivity index (χ0v) is 13.3. The quantitative estimate of drug-likeness (QED) is 0.931. The fourth-order valence-electron chi connectivity index (χ4n) is 2.25. The Morgan fingerprint density at radius 2 is 2.30 bits per heavy atom. The molecule has 0 unspecified atom stereocenters. The number of thioether (sulfide) groups is 1. The van der Waals surface area contributed by atoms with Crippen LogP contribution in [0.1, 0.15) is 37.7 Å². The number of carbonyl (C=O) groups excluding carboxylic acids is 1. The Labute approximate surface area is 125 Å². The van der Waals surface area contributed by atoms with Crippen molar-refractivity contribution in [2.24, 2.45) is 0 Å². The minimum atomic E-state index is 0.0445. The molecule has 110 valence electrons. The zero-order valence-electron chi connectivity index (χ0n) is 12.5. The third-order valence-electron chi connectivity index (χ3n) is 3.48. The third kappa shape index (κ3) is 3.88. The van der Waals surface area contributed by atoms with Crippen molar-refractivity contribution < 1.29 is 4.79 Å². The van der Waals surface area contributed by atoms with Gasteiger partial charge in [0.1, 0.15) is 5.69 Å². The van der Waals surface area contributed by atoms with Crippen LogP contribution in [0.3, 0.4) is 0 Å². The second kappa shape index (κ2) is 6.48. The Morgan fingerprint density at radius 3 is 3.05 bits per heavy atom. The molecule has 1 saturated heterocycles. The van der Waals surface area contributed by atoms with Crippen molar-refractivity contribution in [3.8, 4) is 0 Å². The second-order valence-corrected chi connectivity index (χ2v) is 7.41. The van der Waals surface area contributed by atoms with Crippen LogP contribution in [-0.4, -0.2) is 45.9 Å². The molecular weight excluding hydrogens is 270 g/mol. The van der Waals surface area contributed by atoms with Crippen LogP contribution in [0.15, 0.2) is 18.3 Å². The van der Waals surface area contributed by atoms with Crippen molar-refractivity contribution >= 4 is 23.4 Å². The van der Waals surface area contributed by atoms with E-state index in [1.54, 1.807) is 6.20 Å². The van der Waals surface area contributed by atoms with Crippen molar-refractivity contribution in [2.45, 2.75) is 31.9 Å². The highest BCUT2D eigenvalue weighted by Crippen LogP contribution is 2.31. The largest absolute Gasteiger partial charge is 0.385 e. The molecule has 1 N–H and O–H groups in total. The van der Waals surface area contributed by atoms with Crippen LogP contribution < -0.4 is 5.32 Å². The maximum Gasteiger partial charge on any atom is 0.272 e. The number of nitrogens with one attached hydrogen (secondary N) is 1. The Kier molecular flexibility index (Phi) is 4.91. The molecule has 2 heterocycles. The molecule has 0 saturated carbocycles. The molecule has 0 bridgehead atoms. The van der Waals surface area contributed by atoms with E-state index in [4.69, 9.17) is 0 Å². The highest BCUT2D eigenvalue weighted by Gasteiger charge is 2.26. The maximum atomic E-state index is 12.5. The van der Waals surface area contributed by atoms with E-state index in [9.17, 15) is 4.79 Å². The van der Waals surface area contributed by atoms with Gasteiger partial charge < -0.3 is 10.2 Å². The van der Waals surface area contributed by atoms with Crippen LogP contribution in [-0.2, 0) is 0 Å². The lowest BCUT2D eigenvalue weighted by Crippen LogP contribution is -2.34. The van der Waals surface area contributed by atoms with Crippen molar-refractivity contribution in [3.05, 3.63) is 24.0 Å². The van der Waals surface area contributed by atoms with Gasteiger partial charge in [0.25, 0.3) is 5.91 Å². The van der Waals surface area contributed by atoms with Gasteiger partial charge in [-0.15, -0.1) is 0 Å². The van der Waals surface area contributed by atoms with Crippen LogP contribution in [0.25, 0.3) is 0 Å². The van der Waals surface area contributed by atoms with E-state index in [0.717, 1.165) is 37.5 Å². The maximum absolute atomic E-state index is 12.5. The van der Waals surface area contributed by atoms with Gasteiger partial charge in [0, 0.05) is 42.0 Å². The summed E-state index contributed by atoms with van der Waals surface area (Å²) in [7, 11) is 0. The highest BCUT2D eigenvalue weighted by molar-refractivity contribution is 8.00. The van der Waals surface area contributed by atoms with Crippen LogP contribution in [0.5, 0.6) is 0 Å². The lowest BCUT2D eigenvalue weighted by atomic mass is 10.1. The summed E-state index contributed by atoms with van der Waals surface area (Å²) in [5, 5.41) is 3.22. The number of hydrogen-bond acceptors (Lipinski definition) is 4. The molecule has 1 amide bonds. The zero-order chi connectivity index (χ0) is 14.6. The lowest BCUT2D eigenvalue weighted by Gasteiger charge is -2.22. The van der Waals surface area contributed by atoms with Gasteiger partial charge in [-0.25, -0.2) is 0 Å². The Bertz CT molecular complexity index is 476. The van der Waals surface area contributed by atoms with Gasteiger partial charge >= 0.3 is 0 Å². The molecule has 1 fully saturated rings. The average Bonchev–Trinajstić information content (AvgIpc) is 2.60. The predicted octanol–water partition coefficient (Wildman–Crippen LogP) is 2.87. The summed E-state index contributed by atoms with van der Waals surface area (Å²) in [6.45, 7) is 8.99. The summed E-state index contributed by atoms with van der Waals surface area (Å²) < 4.78 is 0.258. The van der Waals surface area contributed by atoms with Crippen molar-refractivity contribution in [2.75, 3.05) is 30.7 Å². The van der Waals surface area contributed by atoms with Crippen molar-refractivity contribution in [1.82, 2.24) is 9.88 Å². The molecule has 0 atom stereocenters. The van der Waals surface area contributed by atoms with E-state index in [0.29, 0.717) is 5.69 Å². The first-order valence-electron chi connectivity index (χ1n) is 7.15. The predicted molar refractivity (Wildman–Crippen MR) is 85.5 cm³/mol. The van der Waals surface area contributed by atoms with Gasteiger partial charge in [-0.3, -0.25) is 9.78 Å². The summed E-state index contributed by atoms with van der Waals surface area (Å²) >= 11 is 1.94. The van der Waals surface area contributed by atoms with Gasteiger partial charge in [-0.05, 0) is 25.5 Å². The monoisotopic (exact) mass is 293 g/mol. The molecular formula is C15H23N3OS. The van der Waals surface area contributed by atoms with E-state index in [1.807, 2.05) is 35.7 Å². The average molecular weight is 293 g/mol. The van der Waals surface area contributed by atoms with Crippen LogP contribution in [0, 0.1) is 0 Å². The van der Waals surface area contributed by atoms with Gasteiger partial charge in [0.05, 0.1) is 0 Å². The molecule has 0 aliphatic carbocycles. The number of rotatable bonds is 3. The molecule has 0 radical (unpaired) electrons. The van der Waals surface area contributed by atoms with E-state index in [-0.39, 0.29) is 10.7 Å². The first kappa shape index (κ1) is 15.2. The normalized spacial score (nSPS) is 18.4. The number of nitrogens with zero attached hydrogens (tertiary/aromatic N) is 2. The molecule has 5 heteroatoms. The Balaban J connectivity index is 2.08. The minimum absolute atomic E-state index is 0.0445. The number of amides is 1. The summed E-state index contributed by atoms with van der Waals surface area (Å²) in [5.41, 5.74) is 1.49. The minimum Gasteiger partial charge on any atom is -0.385 e. The topological polar surface area (TPSA) is 45.2 Å². The molecule has 1 aromatic rings. The Morgan fingerprint density at radius 1 is 1.50 bits per heavy atom. The standard InChI is InChI=1S/C15H23N3OS/c1-4-16-12-5-7-17-13(11-12)14(19)18-8-6-15(2,3)20-10-9-18/h5,7,11H,4,6,8-10H2,1-3H3,(H,16,17). The van der Waals surface area contributed by atoms with E-state index in [1.165, 1.54) is 0 Å². The first-order chi connectivity index (χ1) is 9.52. The smallest absolute Gasteiger partial charge is 0.272 e. The molecule has 2 rings (SSSR count). The molecule has 0 spiro atoms. The van der Waals surface area contributed by atoms with Crippen LogP contribution in [0.4, 0.5) is 5.69 Å². The van der Waals surface area contributed by atoms with Crippen LogP contribution in [0.2, 0.25) is 0 Å². The number of aromatic nitrogens is 1. The molecule has 20 heavy (non-hydrogen) atoms. The number of carbonyl (C=O) groups is 1. The fraction of sp³-hybridized carbons (Fsp3) is 0.600. The molecule has 4 nitrogen and oxygen atoms in total.